The maximum absolute atomic E-state index is 5.75. The van der Waals surface area contributed by atoms with Crippen molar-refractivity contribution < 1.29 is 9.47 Å². The van der Waals surface area contributed by atoms with E-state index in [0.29, 0.717) is 12.0 Å². The van der Waals surface area contributed by atoms with Gasteiger partial charge in [-0.15, -0.1) is 0 Å². The molecule has 1 fully saturated rings. The molecule has 0 spiro atoms. The van der Waals surface area contributed by atoms with Crippen molar-refractivity contribution in [3.8, 4) is 11.5 Å². The van der Waals surface area contributed by atoms with Crippen LogP contribution >= 0.6 is 0 Å². The van der Waals surface area contributed by atoms with Crippen LogP contribution in [0.1, 0.15) is 57.1 Å². The van der Waals surface area contributed by atoms with Crippen LogP contribution in [0.5, 0.6) is 11.5 Å². The molecule has 0 bridgehead atoms. The number of methoxy groups -OCH3 is 2. The summed E-state index contributed by atoms with van der Waals surface area (Å²) in [5.74, 6) is 2.31. The third-order valence-electron chi connectivity index (χ3n) is 4.55. The van der Waals surface area contributed by atoms with Gasteiger partial charge in [0, 0.05) is 23.7 Å². The number of piperidine rings is 1. The van der Waals surface area contributed by atoms with Crippen LogP contribution in [0.3, 0.4) is 0 Å². The molecular weight excluding hydrogens is 262 g/mol. The van der Waals surface area contributed by atoms with E-state index in [1.54, 1.807) is 14.2 Å². The van der Waals surface area contributed by atoms with Crippen molar-refractivity contribution in [1.82, 2.24) is 4.90 Å². The predicted octanol–water partition coefficient (Wildman–Crippen LogP) is 4.20. The van der Waals surface area contributed by atoms with E-state index in [0.717, 1.165) is 18.0 Å². The van der Waals surface area contributed by atoms with Gasteiger partial charge in [-0.2, -0.15) is 0 Å². The minimum absolute atomic E-state index is 0.383. The summed E-state index contributed by atoms with van der Waals surface area (Å²) < 4.78 is 11.3. The van der Waals surface area contributed by atoms with E-state index in [1.165, 1.54) is 36.9 Å². The van der Waals surface area contributed by atoms with Gasteiger partial charge in [-0.05, 0) is 38.3 Å². The molecule has 0 aromatic heterocycles. The van der Waals surface area contributed by atoms with Gasteiger partial charge in [0.2, 0.25) is 0 Å². The molecule has 1 aromatic rings. The van der Waals surface area contributed by atoms with Crippen molar-refractivity contribution in [2.45, 2.75) is 58.5 Å². The highest BCUT2D eigenvalue weighted by Crippen LogP contribution is 2.38. The van der Waals surface area contributed by atoms with E-state index in [4.69, 9.17) is 9.47 Å². The molecular formula is C18H29NO2. The SMILES string of the molecule is COc1ccc(CN2CCCCC2C)c(OC)c1C(C)C. The van der Waals surface area contributed by atoms with Gasteiger partial charge in [0.05, 0.1) is 14.2 Å². The quantitative estimate of drug-likeness (QED) is 0.811. The van der Waals surface area contributed by atoms with Crippen molar-refractivity contribution in [2.75, 3.05) is 20.8 Å². The number of rotatable bonds is 5. The lowest BCUT2D eigenvalue weighted by Crippen LogP contribution is -2.36. The summed E-state index contributed by atoms with van der Waals surface area (Å²) in [5.41, 5.74) is 2.46. The Balaban J connectivity index is 2.32. The molecule has 0 aliphatic carbocycles. The number of hydrogen-bond donors (Lipinski definition) is 0. The lowest BCUT2D eigenvalue weighted by Gasteiger charge is -2.34. The Labute approximate surface area is 129 Å². The molecule has 21 heavy (non-hydrogen) atoms. The Hall–Kier alpha value is -1.22. The number of likely N-dealkylation sites (tertiary alicyclic amines) is 1. The molecule has 0 saturated carbocycles. The van der Waals surface area contributed by atoms with Crippen LogP contribution in [-0.4, -0.2) is 31.7 Å². The number of nitrogens with zero attached hydrogens (tertiary/aromatic N) is 1. The molecule has 1 aliphatic heterocycles. The topological polar surface area (TPSA) is 21.7 Å². The molecule has 2 rings (SSSR count). The van der Waals surface area contributed by atoms with Crippen molar-refractivity contribution >= 4 is 0 Å². The van der Waals surface area contributed by atoms with Gasteiger partial charge in [0.15, 0.2) is 0 Å². The molecule has 1 aliphatic rings. The van der Waals surface area contributed by atoms with E-state index < -0.39 is 0 Å². The zero-order valence-corrected chi connectivity index (χ0v) is 14.1. The highest BCUT2D eigenvalue weighted by Gasteiger charge is 2.22. The molecule has 1 atom stereocenters. The zero-order valence-electron chi connectivity index (χ0n) is 14.1. The first-order valence-electron chi connectivity index (χ1n) is 8.06. The van der Waals surface area contributed by atoms with Gasteiger partial charge in [0.25, 0.3) is 0 Å². The molecule has 0 radical (unpaired) electrons. The largest absolute Gasteiger partial charge is 0.496 e. The summed E-state index contributed by atoms with van der Waals surface area (Å²) in [6.45, 7) is 8.86. The fraction of sp³-hybridized carbons (Fsp3) is 0.667. The first kappa shape index (κ1) is 16.2. The Morgan fingerprint density at radius 3 is 2.52 bits per heavy atom. The van der Waals surface area contributed by atoms with Crippen LogP contribution in [0.15, 0.2) is 12.1 Å². The average Bonchev–Trinajstić information content (AvgIpc) is 2.48. The third-order valence-corrected chi connectivity index (χ3v) is 4.55. The second-order valence-corrected chi connectivity index (χ2v) is 6.34. The summed E-state index contributed by atoms with van der Waals surface area (Å²) in [4.78, 5) is 2.57. The minimum Gasteiger partial charge on any atom is -0.496 e. The van der Waals surface area contributed by atoms with Crippen LogP contribution in [0, 0.1) is 0 Å². The molecule has 3 nitrogen and oxygen atoms in total. The van der Waals surface area contributed by atoms with E-state index in [2.05, 4.69) is 37.8 Å². The van der Waals surface area contributed by atoms with Crippen molar-refractivity contribution in [2.24, 2.45) is 0 Å². The normalized spacial score (nSPS) is 19.8. The van der Waals surface area contributed by atoms with E-state index in [-0.39, 0.29) is 0 Å². The Kier molecular flexibility index (Phi) is 5.51. The van der Waals surface area contributed by atoms with Crippen molar-refractivity contribution in [3.05, 3.63) is 23.3 Å². The van der Waals surface area contributed by atoms with Crippen LogP contribution in [-0.2, 0) is 6.54 Å². The maximum Gasteiger partial charge on any atom is 0.130 e. The zero-order chi connectivity index (χ0) is 15.4. The first-order valence-corrected chi connectivity index (χ1v) is 8.06. The molecule has 3 heteroatoms. The standard InChI is InChI=1S/C18H29NO2/c1-13(2)17-16(20-4)10-9-15(18(17)21-5)12-19-11-7-6-8-14(19)3/h9-10,13-14H,6-8,11-12H2,1-5H3. The second-order valence-electron chi connectivity index (χ2n) is 6.34. The average molecular weight is 291 g/mol. The highest BCUT2D eigenvalue weighted by atomic mass is 16.5. The molecule has 1 saturated heterocycles. The number of hydrogen-bond acceptors (Lipinski definition) is 3. The second kappa shape index (κ2) is 7.17. The summed E-state index contributed by atoms with van der Waals surface area (Å²) in [7, 11) is 3.50. The first-order chi connectivity index (χ1) is 10.1. The van der Waals surface area contributed by atoms with Crippen LogP contribution in [0.25, 0.3) is 0 Å². The van der Waals surface area contributed by atoms with Gasteiger partial charge in [0.1, 0.15) is 11.5 Å². The smallest absolute Gasteiger partial charge is 0.130 e. The summed E-state index contributed by atoms with van der Waals surface area (Å²) in [5, 5.41) is 0. The molecule has 0 amide bonds. The van der Waals surface area contributed by atoms with Crippen LogP contribution in [0.4, 0.5) is 0 Å². The van der Waals surface area contributed by atoms with E-state index in [1.807, 2.05) is 0 Å². The number of benzene rings is 1. The molecule has 1 heterocycles. The predicted molar refractivity (Wildman–Crippen MR) is 87.4 cm³/mol. The van der Waals surface area contributed by atoms with Crippen molar-refractivity contribution in [1.29, 1.82) is 0 Å². The lowest BCUT2D eigenvalue weighted by atomic mass is 9.96. The van der Waals surface area contributed by atoms with E-state index in [9.17, 15) is 0 Å². The lowest BCUT2D eigenvalue weighted by molar-refractivity contribution is 0.151. The Morgan fingerprint density at radius 1 is 1.19 bits per heavy atom. The van der Waals surface area contributed by atoms with Gasteiger partial charge < -0.3 is 9.47 Å². The van der Waals surface area contributed by atoms with Crippen molar-refractivity contribution in [3.63, 3.8) is 0 Å². The Bertz CT molecular complexity index is 471. The van der Waals surface area contributed by atoms with E-state index >= 15 is 0 Å². The minimum atomic E-state index is 0.383. The Morgan fingerprint density at radius 2 is 1.95 bits per heavy atom. The third kappa shape index (κ3) is 3.52. The maximum atomic E-state index is 5.75. The fourth-order valence-electron chi connectivity index (χ4n) is 3.33. The van der Waals surface area contributed by atoms with Crippen LogP contribution in [0.2, 0.25) is 0 Å². The fourth-order valence-corrected chi connectivity index (χ4v) is 3.33. The summed E-state index contributed by atoms with van der Waals surface area (Å²) in [6, 6.07) is 4.90. The molecule has 118 valence electrons. The molecule has 0 N–H and O–H groups in total. The van der Waals surface area contributed by atoms with Gasteiger partial charge >= 0.3 is 0 Å². The summed E-state index contributed by atoms with van der Waals surface area (Å²) in [6.07, 6.45) is 3.96. The van der Waals surface area contributed by atoms with Gasteiger partial charge in [-0.25, -0.2) is 0 Å². The number of ether oxygens (including phenoxy) is 2. The molecule has 1 aromatic carbocycles. The van der Waals surface area contributed by atoms with Crippen LogP contribution < -0.4 is 9.47 Å². The highest BCUT2D eigenvalue weighted by molar-refractivity contribution is 5.51. The van der Waals surface area contributed by atoms with Gasteiger partial charge in [-0.3, -0.25) is 4.90 Å². The monoisotopic (exact) mass is 291 g/mol. The van der Waals surface area contributed by atoms with Gasteiger partial charge in [-0.1, -0.05) is 26.3 Å². The molecule has 1 unspecified atom stereocenters. The summed E-state index contributed by atoms with van der Waals surface area (Å²) >= 11 is 0.